The molecule has 1 aliphatic rings. The highest BCUT2D eigenvalue weighted by Crippen LogP contribution is 2.33. The van der Waals surface area contributed by atoms with Crippen LogP contribution < -0.4 is 9.64 Å². The second-order valence-electron chi connectivity index (χ2n) is 6.45. The van der Waals surface area contributed by atoms with Gasteiger partial charge < -0.3 is 24.2 Å². The molecule has 2 heterocycles. The Morgan fingerprint density at radius 1 is 1.36 bits per heavy atom. The van der Waals surface area contributed by atoms with E-state index in [1.807, 2.05) is 19.0 Å². The van der Waals surface area contributed by atoms with Gasteiger partial charge in [-0.3, -0.25) is 0 Å². The lowest BCUT2D eigenvalue weighted by atomic mass is 10.0. The molecule has 3 rings (SSSR count). The summed E-state index contributed by atoms with van der Waals surface area (Å²) in [6, 6.07) is 7.46. The molecule has 1 saturated heterocycles. The van der Waals surface area contributed by atoms with Crippen LogP contribution in [0.15, 0.2) is 28.8 Å². The average molecular weight is 345 g/mol. The lowest BCUT2D eigenvalue weighted by Gasteiger charge is -2.36. The number of anilines is 1. The number of piperidine rings is 1. The van der Waals surface area contributed by atoms with Gasteiger partial charge in [-0.1, -0.05) is 5.16 Å². The van der Waals surface area contributed by atoms with Crippen LogP contribution in [-0.2, 0) is 0 Å². The quantitative estimate of drug-likeness (QED) is 0.892. The van der Waals surface area contributed by atoms with Crippen molar-refractivity contribution in [1.29, 1.82) is 0 Å². The van der Waals surface area contributed by atoms with E-state index in [0.717, 1.165) is 25.9 Å². The fourth-order valence-corrected chi connectivity index (χ4v) is 3.20. The minimum absolute atomic E-state index is 0.115. The van der Waals surface area contributed by atoms with Gasteiger partial charge in [-0.2, -0.15) is 0 Å². The molecule has 0 amide bonds. The van der Waals surface area contributed by atoms with Gasteiger partial charge in [-0.15, -0.1) is 0 Å². The van der Waals surface area contributed by atoms with Gasteiger partial charge in [-0.25, -0.2) is 4.79 Å². The average Bonchev–Trinajstić information content (AvgIpc) is 3.07. The first kappa shape index (κ1) is 17.3. The topological polar surface area (TPSA) is 79.0 Å². The van der Waals surface area contributed by atoms with E-state index in [2.05, 4.69) is 10.1 Å². The van der Waals surface area contributed by atoms with Gasteiger partial charge in [0.2, 0.25) is 0 Å². The molecule has 1 aromatic carbocycles. The second-order valence-corrected chi connectivity index (χ2v) is 6.45. The number of carboxylic acid groups (broad SMARTS) is 1. The third-order valence-electron chi connectivity index (χ3n) is 4.67. The van der Waals surface area contributed by atoms with Crippen LogP contribution in [0.3, 0.4) is 0 Å². The highest BCUT2D eigenvalue weighted by molar-refractivity contribution is 5.99. The van der Waals surface area contributed by atoms with Crippen molar-refractivity contribution < 1.29 is 19.2 Å². The van der Waals surface area contributed by atoms with Crippen LogP contribution in [0.4, 0.5) is 5.82 Å². The number of aromatic carboxylic acids is 1. The number of nitrogens with zero attached hydrogens (tertiary/aromatic N) is 3. The smallest absolute Gasteiger partial charge is 0.343 e. The molecule has 1 aliphatic heterocycles. The fourth-order valence-electron chi connectivity index (χ4n) is 3.20. The first-order valence-electron chi connectivity index (χ1n) is 8.30. The third kappa shape index (κ3) is 3.46. The Morgan fingerprint density at radius 3 is 2.68 bits per heavy atom. The molecule has 0 spiro atoms. The molecule has 1 N–H and O–H groups in total. The van der Waals surface area contributed by atoms with Gasteiger partial charge in [0.25, 0.3) is 0 Å². The van der Waals surface area contributed by atoms with Crippen molar-refractivity contribution in [3.05, 3.63) is 29.8 Å². The number of rotatable bonds is 5. The number of carbonyl (C=O) groups is 1. The van der Waals surface area contributed by atoms with Gasteiger partial charge in [-0.05, 0) is 51.2 Å². The van der Waals surface area contributed by atoms with Crippen molar-refractivity contribution >= 4 is 11.8 Å². The summed E-state index contributed by atoms with van der Waals surface area (Å²) in [5.41, 5.74) is 0.780. The normalized spacial score (nSPS) is 17.8. The SMILES string of the molecule is COc1ccc(-c2onc(N3CCCC(N(C)C)C3)c2C(=O)O)cc1. The van der Waals surface area contributed by atoms with E-state index < -0.39 is 5.97 Å². The molecule has 0 saturated carbocycles. The summed E-state index contributed by atoms with van der Waals surface area (Å²) < 4.78 is 10.6. The predicted molar refractivity (Wildman–Crippen MR) is 94.4 cm³/mol. The molecule has 7 nitrogen and oxygen atoms in total. The Bertz CT molecular complexity index is 739. The Balaban J connectivity index is 1.95. The number of carboxylic acids is 1. The maximum Gasteiger partial charge on any atom is 0.343 e. The number of methoxy groups -OCH3 is 1. The number of hydrogen-bond acceptors (Lipinski definition) is 6. The molecular weight excluding hydrogens is 322 g/mol. The standard InChI is InChI=1S/C18H23N3O4/c1-20(2)13-5-4-10-21(11-13)17-15(18(22)23)16(25-19-17)12-6-8-14(24-3)9-7-12/h6-9,13H,4-5,10-11H2,1-3H3,(H,22,23). The summed E-state index contributed by atoms with van der Waals surface area (Å²) in [7, 11) is 5.66. The largest absolute Gasteiger partial charge is 0.497 e. The Kier molecular flexibility index (Phi) is 4.94. The molecule has 0 aliphatic carbocycles. The van der Waals surface area contributed by atoms with Crippen molar-refractivity contribution in [1.82, 2.24) is 10.1 Å². The monoisotopic (exact) mass is 345 g/mol. The predicted octanol–water partition coefficient (Wildman–Crippen LogP) is 2.58. The molecule has 7 heteroatoms. The summed E-state index contributed by atoms with van der Waals surface area (Å²) in [4.78, 5) is 16.1. The highest BCUT2D eigenvalue weighted by atomic mass is 16.5. The molecule has 2 aromatic rings. The minimum Gasteiger partial charge on any atom is -0.497 e. The van der Waals surface area contributed by atoms with Gasteiger partial charge in [0, 0.05) is 24.7 Å². The lowest BCUT2D eigenvalue weighted by molar-refractivity contribution is 0.0697. The minimum atomic E-state index is -1.03. The summed E-state index contributed by atoms with van der Waals surface area (Å²) in [6.07, 6.45) is 2.09. The zero-order chi connectivity index (χ0) is 18.0. The molecule has 0 bridgehead atoms. The molecule has 1 aromatic heterocycles. The van der Waals surface area contributed by atoms with E-state index in [4.69, 9.17) is 9.26 Å². The van der Waals surface area contributed by atoms with Crippen LogP contribution in [0.2, 0.25) is 0 Å². The highest BCUT2D eigenvalue weighted by Gasteiger charge is 2.31. The summed E-state index contributed by atoms with van der Waals surface area (Å²) in [5.74, 6) is 0.348. The van der Waals surface area contributed by atoms with Gasteiger partial charge in [0.05, 0.1) is 7.11 Å². The molecule has 1 unspecified atom stereocenters. The van der Waals surface area contributed by atoms with Gasteiger partial charge >= 0.3 is 5.97 Å². The maximum absolute atomic E-state index is 11.9. The zero-order valence-electron chi connectivity index (χ0n) is 14.7. The van der Waals surface area contributed by atoms with Crippen LogP contribution in [0.25, 0.3) is 11.3 Å². The summed E-state index contributed by atoms with van der Waals surface area (Å²) in [6.45, 7) is 1.51. The Labute approximate surface area is 146 Å². The van der Waals surface area contributed by atoms with Crippen LogP contribution in [0.5, 0.6) is 5.75 Å². The van der Waals surface area contributed by atoms with Crippen LogP contribution >= 0.6 is 0 Å². The first-order chi connectivity index (χ1) is 12.0. The molecule has 1 atom stereocenters. The van der Waals surface area contributed by atoms with Crippen LogP contribution in [-0.4, -0.2) is 61.5 Å². The van der Waals surface area contributed by atoms with Gasteiger partial charge in [0.15, 0.2) is 17.1 Å². The van der Waals surface area contributed by atoms with E-state index in [-0.39, 0.29) is 11.3 Å². The maximum atomic E-state index is 11.9. The molecular formula is C18H23N3O4. The Morgan fingerprint density at radius 2 is 2.08 bits per heavy atom. The molecule has 1 fully saturated rings. The number of ether oxygens (including phenoxy) is 1. The molecule has 0 radical (unpaired) electrons. The second kappa shape index (κ2) is 7.14. The van der Waals surface area contributed by atoms with Gasteiger partial charge in [0.1, 0.15) is 5.75 Å². The van der Waals surface area contributed by atoms with E-state index >= 15 is 0 Å². The van der Waals surface area contributed by atoms with Crippen molar-refractivity contribution in [2.45, 2.75) is 18.9 Å². The number of benzene rings is 1. The zero-order valence-corrected chi connectivity index (χ0v) is 14.7. The number of likely N-dealkylation sites (N-methyl/N-ethyl adjacent to an activating group) is 1. The van der Waals surface area contributed by atoms with Crippen LogP contribution in [0, 0.1) is 0 Å². The molecule has 134 valence electrons. The lowest BCUT2D eigenvalue weighted by Crippen LogP contribution is -2.45. The summed E-state index contributed by atoms with van der Waals surface area (Å²) in [5, 5.41) is 13.8. The number of hydrogen-bond donors (Lipinski definition) is 1. The van der Waals surface area contributed by atoms with E-state index in [1.54, 1.807) is 31.4 Å². The fraction of sp³-hybridized carbons (Fsp3) is 0.444. The van der Waals surface area contributed by atoms with E-state index in [1.165, 1.54) is 0 Å². The van der Waals surface area contributed by atoms with Crippen molar-refractivity contribution in [3.8, 4) is 17.1 Å². The van der Waals surface area contributed by atoms with E-state index in [0.29, 0.717) is 23.2 Å². The van der Waals surface area contributed by atoms with E-state index in [9.17, 15) is 9.90 Å². The Hall–Kier alpha value is -2.54. The van der Waals surface area contributed by atoms with Crippen molar-refractivity contribution in [3.63, 3.8) is 0 Å². The summed E-state index contributed by atoms with van der Waals surface area (Å²) >= 11 is 0. The molecule has 25 heavy (non-hydrogen) atoms. The van der Waals surface area contributed by atoms with Crippen LogP contribution in [0.1, 0.15) is 23.2 Å². The van der Waals surface area contributed by atoms with Crippen molar-refractivity contribution in [2.24, 2.45) is 0 Å². The third-order valence-corrected chi connectivity index (χ3v) is 4.67. The van der Waals surface area contributed by atoms with Crippen molar-refractivity contribution in [2.75, 3.05) is 39.2 Å². The number of aromatic nitrogens is 1. The first-order valence-corrected chi connectivity index (χ1v) is 8.30.